The van der Waals surface area contributed by atoms with Crippen molar-refractivity contribution >= 4 is 5.91 Å². The SMILES string of the molecule is N=[N+]=NCC(=O)NCCCCN. The number of hydrogen-bond donors (Lipinski definition) is 3. The molecule has 0 radical (unpaired) electrons. The third kappa shape index (κ3) is 6.85. The van der Waals surface area contributed by atoms with Crippen LogP contribution in [0, 0.1) is 5.53 Å². The summed E-state index contributed by atoms with van der Waals surface area (Å²) in [5.41, 5.74) is 11.6. The largest absolute Gasteiger partial charge is 0.354 e. The molecule has 0 aromatic heterocycles. The maximum atomic E-state index is 10.8. The highest BCUT2D eigenvalue weighted by Crippen LogP contribution is 1.82. The molecule has 0 unspecified atom stereocenters. The molecule has 0 spiro atoms. The number of amides is 1. The summed E-state index contributed by atoms with van der Waals surface area (Å²) in [5, 5.41) is 5.85. The minimum atomic E-state index is -0.206. The molecule has 0 aliphatic carbocycles. The van der Waals surface area contributed by atoms with E-state index in [9.17, 15) is 4.79 Å². The molecule has 12 heavy (non-hydrogen) atoms. The van der Waals surface area contributed by atoms with Crippen LogP contribution in [0.1, 0.15) is 12.8 Å². The first-order chi connectivity index (χ1) is 5.81. The fourth-order valence-electron chi connectivity index (χ4n) is 0.653. The van der Waals surface area contributed by atoms with Crippen molar-refractivity contribution in [2.45, 2.75) is 12.8 Å². The van der Waals surface area contributed by atoms with Gasteiger partial charge in [0.25, 0.3) is 0 Å². The van der Waals surface area contributed by atoms with E-state index in [1.54, 1.807) is 0 Å². The van der Waals surface area contributed by atoms with E-state index in [2.05, 4.69) is 15.3 Å². The standard InChI is InChI=1S/C6H13N5O/c7-3-1-2-4-9-6(12)5-10-11-8/h8H,1-5,7H2/p+1. The molecule has 0 aromatic rings. The van der Waals surface area contributed by atoms with Crippen LogP contribution >= 0.6 is 0 Å². The van der Waals surface area contributed by atoms with E-state index in [0.29, 0.717) is 13.1 Å². The molecule has 0 heterocycles. The number of rotatable bonds is 6. The number of unbranched alkanes of at least 4 members (excludes halogenated alkanes) is 1. The van der Waals surface area contributed by atoms with Crippen molar-refractivity contribution in [1.82, 2.24) is 10.2 Å². The third-order valence-electron chi connectivity index (χ3n) is 1.24. The maximum absolute atomic E-state index is 10.8. The highest BCUT2D eigenvalue weighted by Gasteiger charge is 2.00. The first kappa shape index (κ1) is 10.7. The molecule has 6 nitrogen and oxygen atoms in total. The molecule has 0 atom stereocenters. The molecule has 0 bridgehead atoms. The molecule has 0 aromatic carbocycles. The first-order valence-electron chi connectivity index (χ1n) is 3.81. The van der Waals surface area contributed by atoms with Gasteiger partial charge in [-0.3, -0.25) is 4.79 Å². The molecule has 0 saturated heterocycles. The molecule has 0 aliphatic heterocycles. The Kier molecular flexibility index (Phi) is 7.02. The maximum Gasteiger partial charge on any atom is 0.249 e. The summed E-state index contributed by atoms with van der Waals surface area (Å²) in [7, 11) is 0. The minimum Gasteiger partial charge on any atom is -0.354 e. The van der Waals surface area contributed by atoms with E-state index in [1.807, 2.05) is 0 Å². The van der Waals surface area contributed by atoms with Gasteiger partial charge in [0.15, 0.2) is 0 Å². The summed E-state index contributed by atoms with van der Waals surface area (Å²) < 4.78 is 0. The third-order valence-corrected chi connectivity index (χ3v) is 1.24. The van der Waals surface area contributed by atoms with Gasteiger partial charge in [0.05, 0.1) is 0 Å². The Morgan fingerprint density at radius 1 is 1.58 bits per heavy atom. The van der Waals surface area contributed by atoms with Gasteiger partial charge in [-0.1, -0.05) is 0 Å². The van der Waals surface area contributed by atoms with Crippen molar-refractivity contribution in [3.8, 4) is 0 Å². The van der Waals surface area contributed by atoms with Gasteiger partial charge in [-0.25, -0.2) is 0 Å². The van der Waals surface area contributed by atoms with Crippen LogP contribution in [0.4, 0.5) is 0 Å². The molecule has 1 amide bonds. The van der Waals surface area contributed by atoms with Crippen LogP contribution in [-0.2, 0) is 4.79 Å². The first-order valence-corrected chi connectivity index (χ1v) is 3.81. The number of nitrogens with two attached hydrogens (primary N) is 1. The molecule has 0 fully saturated rings. The van der Waals surface area contributed by atoms with Crippen LogP contribution in [0.25, 0.3) is 0 Å². The van der Waals surface area contributed by atoms with Crippen LogP contribution in [0.15, 0.2) is 5.11 Å². The summed E-state index contributed by atoms with van der Waals surface area (Å²) in [4.78, 5) is 13.5. The van der Waals surface area contributed by atoms with E-state index >= 15 is 0 Å². The Hall–Kier alpha value is -1.26. The van der Waals surface area contributed by atoms with Gasteiger partial charge in [0.2, 0.25) is 17.4 Å². The summed E-state index contributed by atoms with van der Waals surface area (Å²) in [6.07, 6.45) is 1.78. The summed E-state index contributed by atoms with van der Waals surface area (Å²) in [6, 6.07) is 0. The van der Waals surface area contributed by atoms with Gasteiger partial charge in [-0.2, -0.15) is 0 Å². The van der Waals surface area contributed by atoms with Gasteiger partial charge in [-0.05, 0) is 19.4 Å². The second-order valence-corrected chi connectivity index (χ2v) is 2.25. The fourth-order valence-corrected chi connectivity index (χ4v) is 0.653. The Labute approximate surface area is 70.7 Å². The molecular weight excluding hydrogens is 158 g/mol. The Bertz CT molecular complexity index is 175. The smallest absolute Gasteiger partial charge is 0.249 e. The number of hydrogen-bond acceptors (Lipinski definition) is 4. The van der Waals surface area contributed by atoms with Gasteiger partial charge >= 0.3 is 0 Å². The normalized spacial score (nSPS) is 8.75. The lowest BCUT2D eigenvalue weighted by Crippen LogP contribution is -2.26. The van der Waals surface area contributed by atoms with Crippen LogP contribution in [-0.4, -0.2) is 25.5 Å². The molecule has 0 aliphatic rings. The quantitative estimate of drug-likeness (QED) is 0.282. The summed E-state index contributed by atoms with van der Waals surface area (Å²) >= 11 is 0. The van der Waals surface area contributed by atoms with Gasteiger partial charge in [0.1, 0.15) is 10.6 Å². The molecule has 0 saturated carbocycles. The minimum absolute atomic E-state index is 0.0634. The van der Waals surface area contributed by atoms with Gasteiger partial charge in [0, 0.05) is 6.54 Å². The van der Waals surface area contributed by atoms with E-state index in [1.165, 1.54) is 0 Å². The second kappa shape index (κ2) is 7.84. The number of carbonyl (C=O) groups is 1. The van der Waals surface area contributed by atoms with Crippen LogP contribution in [0.3, 0.4) is 0 Å². The molecule has 68 valence electrons. The highest BCUT2D eigenvalue weighted by atomic mass is 16.1. The Morgan fingerprint density at radius 2 is 2.33 bits per heavy atom. The molecule has 4 N–H and O–H groups in total. The van der Waals surface area contributed by atoms with Gasteiger partial charge in [-0.15, -0.1) is 0 Å². The van der Waals surface area contributed by atoms with Crippen molar-refractivity contribution in [3.63, 3.8) is 0 Å². The summed E-state index contributed by atoms with van der Waals surface area (Å²) in [6.45, 7) is 1.19. The second-order valence-electron chi connectivity index (χ2n) is 2.25. The molecule has 6 heteroatoms. The topological polar surface area (TPSA) is 105 Å². The zero-order valence-corrected chi connectivity index (χ0v) is 6.92. The van der Waals surface area contributed by atoms with Crippen molar-refractivity contribution in [2.75, 3.05) is 19.6 Å². The zero-order valence-electron chi connectivity index (χ0n) is 6.92. The average Bonchev–Trinajstić information content (AvgIpc) is 2.09. The lowest BCUT2D eigenvalue weighted by Gasteiger charge is -1.99. The van der Waals surface area contributed by atoms with Crippen LogP contribution in [0.2, 0.25) is 0 Å². The monoisotopic (exact) mass is 172 g/mol. The summed E-state index contributed by atoms with van der Waals surface area (Å²) in [5.74, 6) is -0.206. The molecule has 0 rings (SSSR count). The number of nitrogens with one attached hydrogen (secondary N) is 2. The Balaban J connectivity index is 3.25. The van der Waals surface area contributed by atoms with Crippen molar-refractivity contribution in [2.24, 2.45) is 10.8 Å². The fraction of sp³-hybridized carbons (Fsp3) is 0.833. The zero-order chi connectivity index (χ0) is 9.23. The van der Waals surface area contributed by atoms with Crippen molar-refractivity contribution < 1.29 is 4.79 Å². The van der Waals surface area contributed by atoms with E-state index < -0.39 is 0 Å². The van der Waals surface area contributed by atoms with Crippen LogP contribution < -0.4 is 16.0 Å². The average molecular weight is 172 g/mol. The molecular formula is C6H14N5O+. The van der Waals surface area contributed by atoms with Crippen LogP contribution in [0.5, 0.6) is 0 Å². The lowest BCUT2D eigenvalue weighted by molar-refractivity contribution is -0.119. The number of nitrogens with zero attached hydrogens (tertiary/aromatic N) is 2. The predicted molar refractivity (Wildman–Crippen MR) is 43.4 cm³/mol. The van der Waals surface area contributed by atoms with E-state index in [4.69, 9.17) is 11.3 Å². The number of carbonyl (C=O) groups excluding carboxylic acids is 1. The predicted octanol–water partition coefficient (Wildman–Crippen LogP) is -0.608. The van der Waals surface area contributed by atoms with Crippen molar-refractivity contribution in [1.29, 1.82) is 5.53 Å². The van der Waals surface area contributed by atoms with Crippen molar-refractivity contribution in [3.05, 3.63) is 0 Å². The van der Waals surface area contributed by atoms with E-state index in [0.717, 1.165) is 12.8 Å². The van der Waals surface area contributed by atoms with Gasteiger partial charge < -0.3 is 11.1 Å². The lowest BCUT2D eigenvalue weighted by atomic mass is 10.3. The van der Waals surface area contributed by atoms with E-state index in [-0.39, 0.29) is 12.5 Å². The Morgan fingerprint density at radius 3 is 2.92 bits per heavy atom. The highest BCUT2D eigenvalue weighted by molar-refractivity contribution is 5.77.